The molecule has 0 aliphatic rings. The molecule has 0 aliphatic heterocycles. The van der Waals surface area contributed by atoms with Crippen molar-refractivity contribution in [2.45, 2.75) is 11.8 Å². The molecular formula is C9H9FN4O2S. The first kappa shape index (κ1) is 11.5. The van der Waals surface area contributed by atoms with Gasteiger partial charge in [0.25, 0.3) is 10.0 Å². The van der Waals surface area contributed by atoms with Crippen molar-refractivity contribution in [3.8, 4) is 0 Å². The minimum Gasteiger partial charge on any atom is -0.281 e. The van der Waals surface area contributed by atoms with Gasteiger partial charge < -0.3 is 0 Å². The Hall–Kier alpha value is -1.96. The summed E-state index contributed by atoms with van der Waals surface area (Å²) in [5.74, 6) is -0.739. The van der Waals surface area contributed by atoms with E-state index in [0.717, 1.165) is 12.4 Å². The second-order valence-corrected chi connectivity index (χ2v) is 4.97. The standard InChI is InChI=1S/C9H9FN4O2S/c1-6-9(5-12-13-6)17(15,16)14-8-2-3-11-4-7(8)10/h2-5H,1H3,(H,11,14)(H,12,13). The van der Waals surface area contributed by atoms with Crippen molar-refractivity contribution in [1.29, 1.82) is 0 Å². The number of nitrogens with zero attached hydrogens (tertiary/aromatic N) is 2. The van der Waals surface area contributed by atoms with Gasteiger partial charge in [-0.2, -0.15) is 5.10 Å². The van der Waals surface area contributed by atoms with Crippen molar-refractivity contribution in [3.63, 3.8) is 0 Å². The van der Waals surface area contributed by atoms with Gasteiger partial charge in [0.1, 0.15) is 4.90 Å². The predicted octanol–water partition coefficient (Wildman–Crippen LogP) is 1.05. The molecule has 0 amide bonds. The van der Waals surface area contributed by atoms with E-state index in [9.17, 15) is 12.8 Å². The molecule has 0 saturated heterocycles. The van der Waals surface area contributed by atoms with Crippen molar-refractivity contribution in [3.05, 3.63) is 36.2 Å². The van der Waals surface area contributed by atoms with Crippen LogP contribution in [0.15, 0.2) is 29.6 Å². The summed E-state index contributed by atoms with van der Waals surface area (Å²) < 4.78 is 39.1. The number of halogens is 1. The Kier molecular flexibility index (Phi) is 2.80. The van der Waals surface area contributed by atoms with Crippen molar-refractivity contribution in [2.75, 3.05) is 4.72 Å². The van der Waals surface area contributed by atoms with E-state index < -0.39 is 15.8 Å². The number of hydrogen-bond donors (Lipinski definition) is 2. The Morgan fingerprint density at radius 1 is 1.41 bits per heavy atom. The maximum Gasteiger partial charge on any atom is 0.265 e. The predicted molar refractivity (Wildman–Crippen MR) is 58.3 cm³/mol. The van der Waals surface area contributed by atoms with E-state index in [4.69, 9.17) is 0 Å². The van der Waals surface area contributed by atoms with Crippen molar-refractivity contribution >= 4 is 15.7 Å². The molecule has 0 aliphatic carbocycles. The Bertz CT molecular complexity index is 638. The largest absolute Gasteiger partial charge is 0.281 e. The minimum absolute atomic E-state index is 0.0197. The number of anilines is 1. The summed E-state index contributed by atoms with van der Waals surface area (Å²) in [7, 11) is -3.83. The third kappa shape index (κ3) is 2.26. The molecule has 2 N–H and O–H groups in total. The van der Waals surface area contributed by atoms with Crippen LogP contribution in [0, 0.1) is 12.7 Å². The zero-order valence-electron chi connectivity index (χ0n) is 8.81. The lowest BCUT2D eigenvalue weighted by Crippen LogP contribution is -2.14. The summed E-state index contributed by atoms with van der Waals surface area (Å²) in [4.78, 5) is 3.51. The summed E-state index contributed by atoms with van der Waals surface area (Å²) in [5, 5.41) is 6.10. The Balaban J connectivity index is 2.37. The van der Waals surface area contributed by atoms with Crippen LogP contribution >= 0.6 is 0 Å². The van der Waals surface area contributed by atoms with Crippen LogP contribution in [0.2, 0.25) is 0 Å². The van der Waals surface area contributed by atoms with Gasteiger partial charge in [-0.25, -0.2) is 12.8 Å². The number of sulfonamides is 1. The molecule has 17 heavy (non-hydrogen) atoms. The van der Waals surface area contributed by atoms with Gasteiger partial charge in [0.05, 0.1) is 23.8 Å². The van der Waals surface area contributed by atoms with E-state index >= 15 is 0 Å². The maximum absolute atomic E-state index is 13.2. The third-order valence-corrected chi connectivity index (χ3v) is 3.57. The van der Waals surface area contributed by atoms with Gasteiger partial charge in [-0.05, 0) is 13.0 Å². The van der Waals surface area contributed by atoms with Gasteiger partial charge in [-0.3, -0.25) is 14.8 Å². The van der Waals surface area contributed by atoms with E-state index in [1.165, 1.54) is 12.3 Å². The molecule has 0 spiro atoms. The molecule has 6 nitrogen and oxygen atoms in total. The number of H-pyrrole nitrogens is 1. The fourth-order valence-corrected chi connectivity index (χ4v) is 2.47. The molecule has 0 fully saturated rings. The average Bonchev–Trinajstić information content (AvgIpc) is 2.68. The minimum atomic E-state index is -3.83. The number of nitrogens with one attached hydrogen (secondary N) is 2. The fourth-order valence-electron chi connectivity index (χ4n) is 1.27. The Labute approximate surface area is 96.9 Å². The van der Waals surface area contributed by atoms with E-state index in [-0.39, 0.29) is 10.6 Å². The number of rotatable bonds is 3. The maximum atomic E-state index is 13.2. The molecule has 2 rings (SSSR count). The van der Waals surface area contributed by atoms with Crippen LogP contribution in [-0.4, -0.2) is 23.6 Å². The topological polar surface area (TPSA) is 87.7 Å². The SMILES string of the molecule is Cc1[nH]ncc1S(=O)(=O)Nc1ccncc1F. The second-order valence-electron chi connectivity index (χ2n) is 3.32. The zero-order valence-corrected chi connectivity index (χ0v) is 9.62. The van der Waals surface area contributed by atoms with Crippen molar-refractivity contribution in [2.24, 2.45) is 0 Å². The quantitative estimate of drug-likeness (QED) is 0.859. The van der Waals surface area contributed by atoms with Crippen LogP contribution in [0.25, 0.3) is 0 Å². The van der Waals surface area contributed by atoms with Gasteiger partial charge in [0, 0.05) is 6.20 Å². The molecule has 2 aromatic heterocycles. The molecule has 0 aromatic carbocycles. The summed E-state index contributed by atoms with van der Waals surface area (Å²) in [6, 6.07) is 1.24. The lowest BCUT2D eigenvalue weighted by Gasteiger charge is -2.07. The second kappa shape index (κ2) is 4.13. The smallest absolute Gasteiger partial charge is 0.265 e. The van der Waals surface area contributed by atoms with Crippen LogP contribution in [0.1, 0.15) is 5.69 Å². The third-order valence-electron chi connectivity index (χ3n) is 2.09. The summed E-state index contributed by atoms with van der Waals surface area (Å²) >= 11 is 0. The first-order valence-electron chi connectivity index (χ1n) is 4.63. The molecule has 0 unspecified atom stereocenters. The van der Waals surface area contributed by atoms with Gasteiger partial charge in [0.2, 0.25) is 0 Å². The monoisotopic (exact) mass is 256 g/mol. The Morgan fingerprint density at radius 2 is 2.18 bits per heavy atom. The van der Waals surface area contributed by atoms with Crippen LogP contribution in [0.5, 0.6) is 0 Å². The number of hydrogen-bond acceptors (Lipinski definition) is 4. The molecule has 90 valence electrons. The van der Waals surface area contributed by atoms with Gasteiger partial charge in [0.15, 0.2) is 5.82 Å². The highest BCUT2D eigenvalue weighted by atomic mass is 32.2. The van der Waals surface area contributed by atoms with E-state index in [2.05, 4.69) is 19.9 Å². The molecule has 0 atom stereocenters. The molecule has 0 saturated carbocycles. The highest BCUT2D eigenvalue weighted by Gasteiger charge is 2.19. The molecular weight excluding hydrogens is 247 g/mol. The molecule has 0 bridgehead atoms. The zero-order chi connectivity index (χ0) is 12.5. The van der Waals surface area contributed by atoms with Crippen LogP contribution in [-0.2, 0) is 10.0 Å². The first-order valence-corrected chi connectivity index (χ1v) is 6.11. The van der Waals surface area contributed by atoms with Gasteiger partial charge in [-0.1, -0.05) is 0 Å². The summed E-state index contributed by atoms with van der Waals surface area (Å²) in [6.45, 7) is 1.56. The van der Waals surface area contributed by atoms with Crippen LogP contribution < -0.4 is 4.72 Å². The molecule has 2 heterocycles. The van der Waals surface area contributed by atoms with Gasteiger partial charge >= 0.3 is 0 Å². The average molecular weight is 256 g/mol. The van der Waals surface area contributed by atoms with Crippen molar-refractivity contribution in [1.82, 2.24) is 15.2 Å². The van der Waals surface area contributed by atoms with Gasteiger partial charge in [-0.15, -0.1) is 0 Å². The lowest BCUT2D eigenvalue weighted by molar-refractivity contribution is 0.597. The molecule has 8 heteroatoms. The lowest BCUT2D eigenvalue weighted by atomic mass is 10.4. The molecule has 2 aromatic rings. The number of aryl methyl sites for hydroxylation is 1. The first-order chi connectivity index (χ1) is 8.00. The highest BCUT2D eigenvalue weighted by molar-refractivity contribution is 7.92. The normalized spacial score (nSPS) is 11.4. The Morgan fingerprint density at radius 3 is 2.76 bits per heavy atom. The number of aromatic nitrogens is 3. The number of aromatic amines is 1. The van der Waals surface area contributed by atoms with E-state index in [0.29, 0.717) is 5.69 Å². The highest BCUT2D eigenvalue weighted by Crippen LogP contribution is 2.18. The van der Waals surface area contributed by atoms with Crippen LogP contribution in [0.3, 0.4) is 0 Å². The number of pyridine rings is 1. The van der Waals surface area contributed by atoms with Crippen LogP contribution in [0.4, 0.5) is 10.1 Å². The fraction of sp³-hybridized carbons (Fsp3) is 0.111. The van der Waals surface area contributed by atoms with E-state index in [1.54, 1.807) is 6.92 Å². The summed E-state index contributed by atoms with van der Waals surface area (Å²) in [5.41, 5.74) is 0.229. The summed E-state index contributed by atoms with van der Waals surface area (Å²) in [6.07, 6.45) is 3.39. The van der Waals surface area contributed by atoms with E-state index in [1.807, 2.05) is 0 Å². The molecule has 0 radical (unpaired) electrons. The van der Waals surface area contributed by atoms with Crippen molar-refractivity contribution < 1.29 is 12.8 Å².